The van der Waals surface area contributed by atoms with Crippen LogP contribution >= 0.6 is 0 Å². The summed E-state index contributed by atoms with van der Waals surface area (Å²) >= 11 is 0. The smallest absolute Gasteiger partial charge is 0.333 e. The Morgan fingerprint density at radius 1 is 1.14 bits per heavy atom. The summed E-state index contributed by atoms with van der Waals surface area (Å²) < 4.78 is 25.8. The van der Waals surface area contributed by atoms with Crippen LogP contribution in [-0.4, -0.2) is 47.3 Å². The lowest BCUT2D eigenvalue weighted by Gasteiger charge is -2.26. The number of rotatable bonds is 2. The second kappa shape index (κ2) is 8.13. The normalized spacial score (nSPS) is 13.1. The van der Waals surface area contributed by atoms with E-state index in [1.807, 2.05) is 30.3 Å². The van der Waals surface area contributed by atoms with Crippen molar-refractivity contribution >= 4 is 16.8 Å². The topological polar surface area (TPSA) is 92.6 Å². The highest BCUT2D eigenvalue weighted by Crippen LogP contribution is 2.19. The van der Waals surface area contributed by atoms with E-state index in [1.54, 1.807) is 12.5 Å². The molecule has 0 spiro atoms. The lowest BCUT2D eigenvalue weighted by Crippen LogP contribution is -2.37. The Balaban J connectivity index is 0.000000171. The first kappa shape index (κ1) is 18.7. The first-order chi connectivity index (χ1) is 14.1. The minimum atomic E-state index is -2.82. The van der Waals surface area contributed by atoms with Crippen LogP contribution in [0.3, 0.4) is 0 Å². The van der Waals surface area contributed by atoms with Gasteiger partial charge >= 0.3 is 6.55 Å². The molecule has 1 aliphatic rings. The molecule has 0 unspecified atom stereocenters. The molecule has 148 valence electrons. The third kappa shape index (κ3) is 3.96. The number of aromatic nitrogens is 6. The molecular formula is C19H17F2N7O. The van der Waals surface area contributed by atoms with Gasteiger partial charge in [-0.05, 0) is 18.2 Å². The molecule has 0 saturated heterocycles. The molecule has 1 aromatic carbocycles. The minimum absolute atomic E-state index is 0.0991. The maximum atomic E-state index is 12.7. The van der Waals surface area contributed by atoms with Gasteiger partial charge in [-0.2, -0.15) is 28.8 Å². The SMILES string of the molecule is O=C(c1ccnn1C(F)F)N1CCc2nc[nH]c2C1.c1ccc2nnccc2c1. The van der Waals surface area contributed by atoms with Crippen LogP contribution in [-0.2, 0) is 13.0 Å². The van der Waals surface area contributed by atoms with Crippen molar-refractivity contribution in [1.82, 2.24) is 34.8 Å². The number of alkyl halides is 2. The third-order valence-electron chi connectivity index (χ3n) is 4.56. The first-order valence-electron chi connectivity index (χ1n) is 8.92. The molecular weight excluding hydrogens is 380 g/mol. The van der Waals surface area contributed by atoms with Crippen LogP contribution < -0.4 is 0 Å². The molecule has 8 nitrogen and oxygen atoms in total. The number of carbonyl (C=O) groups is 1. The van der Waals surface area contributed by atoms with Crippen LogP contribution in [0.5, 0.6) is 0 Å². The van der Waals surface area contributed by atoms with Crippen LogP contribution in [0.4, 0.5) is 8.78 Å². The largest absolute Gasteiger partial charge is 0.347 e. The highest BCUT2D eigenvalue weighted by Gasteiger charge is 2.27. The van der Waals surface area contributed by atoms with Gasteiger partial charge in [-0.1, -0.05) is 18.2 Å². The van der Waals surface area contributed by atoms with Gasteiger partial charge in [0.2, 0.25) is 0 Å². The van der Waals surface area contributed by atoms with Crippen molar-refractivity contribution in [3.8, 4) is 0 Å². The number of carbonyl (C=O) groups excluding carboxylic acids is 1. The Bertz CT molecular complexity index is 1060. The number of aromatic amines is 1. The van der Waals surface area contributed by atoms with Crippen molar-refractivity contribution in [3.05, 3.63) is 72.2 Å². The Morgan fingerprint density at radius 2 is 2.00 bits per heavy atom. The maximum absolute atomic E-state index is 12.7. The minimum Gasteiger partial charge on any atom is -0.347 e. The molecule has 3 aromatic heterocycles. The third-order valence-corrected chi connectivity index (χ3v) is 4.56. The number of fused-ring (bicyclic) bond motifs is 2. The number of nitrogens with zero attached hydrogens (tertiary/aromatic N) is 6. The zero-order chi connectivity index (χ0) is 20.2. The van der Waals surface area contributed by atoms with E-state index >= 15 is 0 Å². The van der Waals surface area contributed by atoms with E-state index in [2.05, 4.69) is 25.3 Å². The number of imidazole rings is 1. The zero-order valence-electron chi connectivity index (χ0n) is 15.2. The van der Waals surface area contributed by atoms with Crippen LogP contribution in [0.25, 0.3) is 10.9 Å². The molecule has 0 aliphatic carbocycles. The van der Waals surface area contributed by atoms with Gasteiger partial charge in [0, 0.05) is 24.5 Å². The number of benzene rings is 1. The molecule has 0 fully saturated rings. The number of amides is 1. The van der Waals surface area contributed by atoms with Gasteiger partial charge in [0.15, 0.2) is 0 Å². The predicted molar refractivity (Wildman–Crippen MR) is 100 cm³/mol. The number of hydrogen-bond acceptors (Lipinski definition) is 5. The molecule has 0 saturated carbocycles. The van der Waals surface area contributed by atoms with Crippen molar-refractivity contribution in [3.63, 3.8) is 0 Å². The van der Waals surface area contributed by atoms with E-state index in [0.29, 0.717) is 24.2 Å². The Hall–Kier alpha value is -3.69. The van der Waals surface area contributed by atoms with Gasteiger partial charge in [0.25, 0.3) is 5.91 Å². The lowest BCUT2D eigenvalue weighted by molar-refractivity contribution is 0.0457. The second-order valence-electron chi connectivity index (χ2n) is 6.33. The van der Waals surface area contributed by atoms with Gasteiger partial charge in [-0.25, -0.2) is 4.98 Å². The molecule has 29 heavy (non-hydrogen) atoms. The van der Waals surface area contributed by atoms with Gasteiger partial charge in [0.1, 0.15) is 5.69 Å². The van der Waals surface area contributed by atoms with E-state index < -0.39 is 12.5 Å². The van der Waals surface area contributed by atoms with Gasteiger partial charge in [-0.3, -0.25) is 4.79 Å². The summed E-state index contributed by atoms with van der Waals surface area (Å²) in [6.45, 7) is -2.00. The predicted octanol–water partition coefficient (Wildman–Crippen LogP) is 2.83. The molecule has 10 heteroatoms. The van der Waals surface area contributed by atoms with Crippen molar-refractivity contribution in [2.75, 3.05) is 6.54 Å². The van der Waals surface area contributed by atoms with E-state index in [-0.39, 0.29) is 5.69 Å². The monoisotopic (exact) mass is 397 g/mol. The quantitative estimate of drug-likeness (QED) is 0.562. The Kier molecular flexibility index (Phi) is 5.23. The van der Waals surface area contributed by atoms with Crippen LogP contribution in [0, 0.1) is 0 Å². The van der Waals surface area contributed by atoms with E-state index in [0.717, 1.165) is 22.3 Å². The van der Waals surface area contributed by atoms with E-state index in [1.165, 1.54) is 17.2 Å². The first-order valence-corrected chi connectivity index (χ1v) is 8.92. The highest BCUT2D eigenvalue weighted by molar-refractivity contribution is 5.92. The molecule has 4 aromatic rings. The summed E-state index contributed by atoms with van der Waals surface area (Å²) in [5.74, 6) is -0.446. The number of H-pyrrole nitrogens is 1. The number of halogens is 2. The maximum Gasteiger partial charge on any atom is 0.333 e. The van der Waals surface area contributed by atoms with E-state index in [4.69, 9.17) is 0 Å². The van der Waals surface area contributed by atoms with Gasteiger partial charge < -0.3 is 9.88 Å². The molecule has 0 radical (unpaired) electrons. The zero-order valence-corrected chi connectivity index (χ0v) is 15.2. The average molecular weight is 397 g/mol. The molecule has 1 amide bonds. The fourth-order valence-electron chi connectivity index (χ4n) is 3.12. The molecule has 4 heterocycles. The summed E-state index contributed by atoms with van der Waals surface area (Å²) in [5.41, 5.74) is 2.62. The van der Waals surface area contributed by atoms with Crippen molar-refractivity contribution in [2.24, 2.45) is 0 Å². The fourth-order valence-corrected chi connectivity index (χ4v) is 3.12. The van der Waals surface area contributed by atoms with Crippen molar-refractivity contribution < 1.29 is 13.6 Å². The van der Waals surface area contributed by atoms with E-state index in [9.17, 15) is 13.6 Å². The highest BCUT2D eigenvalue weighted by atomic mass is 19.3. The molecule has 5 rings (SSSR count). The van der Waals surface area contributed by atoms with Crippen LogP contribution in [0.15, 0.2) is 55.1 Å². The number of hydrogen-bond donors (Lipinski definition) is 1. The summed E-state index contributed by atoms with van der Waals surface area (Å²) in [6, 6.07) is 11.2. The molecule has 0 atom stereocenters. The average Bonchev–Trinajstić information content (AvgIpc) is 3.43. The Morgan fingerprint density at radius 3 is 2.83 bits per heavy atom. The van der Waals surface area contributed by atoms with Gasteiger partial charge in [0.05, 0.1) is 36.0 Å². The van der Waals surface area contributed by atoms with Crippen molar-refractivity contribution in [2.45, 2.75) is 19.5 Å². The summed E-state index contributed by atoms with van der Waals surface area (Å²) in [7, 11) is 0. The van der Waals surface area contributed by atoms with Gasteiger partial charge in [-0.15, -0.1) is 0 Å². The lowest BCUT2D eigenvalue weighted by atomic mass is 10.1. The Labute approximate surface area is 164 Å². The van der Waals surface area contributed by atoms with Crippen molar-refractivity contribution in [1.29, 1.82) is 0 Å². The molecule has 0 bridgehead atoms. The standard InChI is InChI=1S/C11H11F2N5O.C8H6N2/c12-11(13)18-9(1-3-16-18)10(19)17-4-2-7-8(5-17)15-6-14-7;1-2-4-8-7(3-1)5-6-9-10-8/h1,3,6,11H,2,4-5H2,(H,14,15);1-6H. The summed E-state index contributed by atoms with van der Waals surface area (Å²) in [4.78, 5) is 20.8. The number of nitrogens with one attached hydrogen (secondary N) is 1. The molecule has 1 N–H and O–H groups in total. The second-order valence-corrected chi connectivity index (χ2v) is 6.33. The molecule has 1 aliphatic heterocycles. The van der Waals surface area contributed by atoms with Crippen LogP contribution in [0.2, 0.25) is 0 Å². The van der Waals surface area contributed by atoms with Crippen LogP contribution in [0.1, 0.15) is 28.4 Å². The fraction of sp³-hybridized carbons (Fsp3) is 0.211. The summed E-state index contributed by atoms with van der Waals surface area (Å²) in [6.07, 6.45) is 5.09. The summed E-state index contributed by atoms with van der Waals surface area (Å²) in [5, 5.41) is 12.3.